The molecule has 5 heteroatoms. The Hall–Kier alpha value is -1.75. The quantitative estimate of drug-likeness (QED) is 0.788. The van der Waals surface area contributed by atoms with Gasteiger partial charge in [0, 0.05) is 13.6 Å². The van der Waals surface area contributed by atoms with Crippen molar-refractivity contribution in [3.05, 3.63) is 23.8 Å². The highest BCUT2D eigenvalue weighted by molar-refractivity contribution is 5.98. The number of nitrogens with zero attached hydrogens (tertiary/aromatic N) is 2. The summed E-state index contributed by atoms with van der Waals surface area (Å²) < 4.78 is 5.21. The van der Waals surface area contributed by atoms with Crippen molar-refractivity contribution in [1.29, 1.82) is 0 Å². The van der Waals surface area contributed by atoms with Gasteiger partial charge < -0.3 is 20.3 Å². The lowest BCUT2D eigenvalue weighted by Crippen LogP contribution is -2.30. The van der Waals surface area contributed by atoms with Crippen LogP contribution < -0.4 is 10.5 Å². The van der Waals surface area contributed by atoms with Gasteiger partial charge in [-0.25, -0.2) is 0 Å². The molecule has 0 bridgehead atoms. The zero-order valence-electron chi connectivity index (χ0n) is 12.1. The maximum Gasteiger partial charge on any atom is 0.257 e. The molecule has 0 aliphatic rings. The fourth-order valence-electron chi connectivity index (χ4n) is 1.88. The molecule has 19 heavy (non-hydrogen) atoms. The second kappa shape index (κ2) is 6.99. The van der Waals surface area contributed by atoms with Crippen LogP contribution in [-0.4, -0.2) is 57.0 Å². The molecule has 5 nitrogen and oxygen atoms in total. The Morgan fingerprint density at radius 3 is 2.53 bits per heavy atom. The highest BCUT2D eigenvalue weighted by Crippen LogP contribution is 2.26. The van der Waals surface area contributed by atoms with Crippen LogP contribution in [0.4, 0.5) is 5.69 Å². The number of para-hydroxylation sites is 1. The minimum Gasteiger partial charge on any atom is -0.494 e. The van der Waals surface area contributed by atoms with Crippen molar-refractivity contribution < 1.29 is 9.53 Å². The first-order valence-corrected chi connectivity index (χ1v) is 6.30. The minimum atomic E-state index is -0.0668. The minimum absolute atomic E-state index is 0.0668. The van der Waals surface area contributed by atoms with Crippen molar-refractivity contribution in [2.45, 2.75) is 6.42 Å². The number of hydrogen-bond donors (Lipinski definition) is 1. The molecule has 0 atom stereocenters. The van der Waals surface area contributed by atoms with E-state index in [4.69, 9.17) is 10.5 Å². The summed E-state index contributed by atoms with van der Waals surface area (Å²) in [4.78, 5) is 16.1. The highest BCUT2D eigenvalue weighted by Gasteiger charge is 2.17. The summed E-state index contributed by atoms with van der Waals surface area (Å²) in [6.45, 7) is 1.65. The van der Waals surface area contributed by atoms with Crippen LogP contribution in [0.3, 0.4) is 0 Å². The van der Waals surface area contributed by atoms with E-state index >= 15 is 0 Å². The molecular formula is C14H23N3O2. The van der Waals surface area contributed by atoms with Crippen LogP contribution in [0.1, 0.15) is 16.8 Å². The van der Waals surface area contributed by atoms with Crippen molar-refractivity contribution in [2.75, 3.05) is 47.1 Å². The summed E-state index contributed by atoms with van der Waals surface area (Å²) in [5, 5.41) is 0. The van der Waals surface area contributed by atoms with E-state index in [1.54, 1.807) is 30.1 Å². The zero-order valence-corrected chi connectivity index (χ0v) is 12.1. The van der Waals surface area contributed by atoms with Gasteiger partial charge in [0.25, 0.3) is 5.91 Å². The molecule has 0 radical (unpaired) electrons. The summed E-state index contributed by atoms with van der Waals surface area (Å²) in [6, 6.07) is 5.22. The summed E-state index contributed by atoms with van der Waals surface area (Å²) in [5.41, 5.74) is 6.80. The first kappa shape index (κ1) is 15.3. The topological polar surface area (TPSA) is 58.8 Å². The lowest BCUT2D eigenvalue weighted by molar-refractivity contribution is 0.0787. The molecule has 1 aromatic rings. The van der Waals surface area contributed by atoms with E-state index in [1.165, 1.54) is 7.11 Å². The maximum absolute atomic E-state index is 12.3. The molecule has 0 saturated heterocycles. The average Bonchev–Trinajstić information content (AvgIpc) is 2.37. The predicted octanol–water partition coefficient (Wildman–Crippen LogP) is 1.30. The number of nitrogen functional groups attached to an aromatic ring is 1. The number of carbonyl (C=O) groups is 1. The second-order valence-corrected chi connectivity index (χ2v) is 4.81. The van der Waals surface area contributed by atoms with E-state index in [2.05, 4.69) is 4.90 Å². The van der Waals surface area contributed by atoms with Gasteiger partial charge in [-0.2, -0.15) is 0 Å². The number of ether oxygens (including phenoxy) is 1. The highest BCUT2D eigenvalue weighted by atomic mass is 16.5. The second-order valence-electron chi connectivity index (χ2n) is 4.81. The summed E-state index contributed by atoms with van der Waals surface area (Å²) in [6.07, 6.45) is 0.930. The number of hydrogen-bond acceptors (Lipinski definition) is 4. The van der Waals surface area contributed by atoms with E-state index < -0.39 is 0 Å². The third-order valence-corrected chi connectivity index (χ3v) is 2.93. The fraction of sp³-hybridized carbons (Fsp3) is 0.500. The molecule has 106 valence electrons. The molecule has 0 fully saturated rings. The first-order chi connectivity index (χ1) is 8.97. The Kier molecular flexibility index (Phi) is 5.63. The number of rotatable bonds is 6. The van der Waals surface area contributed by atoms with Crippen LogP contribution in [0.15, 0.2) is 18.2 Å². The normalized spacial score (nSPS) is 10.6. The number of benzene rings is 1. The molecule has 1 aromatic carbocycles. The lowest BCUT2D eigenvalue weighted by atomic mass is 10.1. The molecule has 0 heterocycles. The maximum atomic E-state index is 12.3. The summed E-state index contributed by atoms with van der Waals surface area (Å²) >= 11 is 0. The molecule has 2 N–H and O–H groups in total. The molecule has 1 amide bonds. The molecular weight excluding hydrogens is 242 g/mol. The fourth-order valence-corrected chi connectivity index (χ4v) is 1.88. The zero-order chi connectivity index (χ0) is 14.4. The third kappa shape index (κ3) is 4.13. The van der Waals surface area contributed by atoms with E-state index in [-0.39, 0.29) is 5.91 Å². The van der Waals surface area contributed by atoms with Gasteiger partial charge in [-0.15, -0.1) is 0 Å². The van der Waals surface area contributed by atoms with Crippen LogP contribution in [-0.2, 0) is 0 Å². The van der Waals surface area contributed by atoms with E-state index in [0.717, 1.165) is 13.0 Å². The molecule has 0 spiro atoms. The van der Waals surface area contributed by atoms with Gasteiger partial charge in [-0.3, -0.25) is 4.79 Å². The number of carbonyl (C=O) groups excluding carboxylic acids is 1. The summed E-state index contributed by atoms with van der Waals surface area (Å²) in [7, 11) is 7.35. The van der Waals surface area contributed by atoms with Crippen molar-refractivity contribution >= 4 is 11.6 Å². The van der Waals surface area contributed by atoms with Crippen LogP contribution in [0, 0.1) is 0 Å². The predicted molar refractivity (Wildman–Crippen MR) is 77.5 cm³/mol. The monoisotopic (exact) mass is 265 g/mol. The Balaban J connectivity index is 2.74. The molecule has 1 rings (SSSR count). The number of amides is 1. The van der Waals surface area contributed by atoms with E-state index in [9.17, 15) is 4.79 Å². The Morgan fingerprint density at radius 1 is 1.26 bits per heavy atom. The lowest BCUT2D eigenvalue weighted by Gasteiger charge is -2.20. The van der Waals surface area contributed by atoms with Crippen molar-refractivity contribution in [3.8, 4) is 5.75 Å². The first-order valence-electron chi connectivity index (χ1n) is 6.30. The van der Waals surface area contributed by atoms with E-state index in [1.807, 2.05) is 14.1 Å². The molecule has 0 aliphatic carbocycles. The third-order valence-electron chi connectivity index (χ3n) is 2.93. The van der Waals surface area contributed by atoms with Crippen LogP contribution >= 0.6 is 0 Å². The number of methoxy groups -OCH3 is 1. The van der Waals surface area contributed by atoms with E-state index in [0.29, 0.717) is 23.5 Å². The number of nitrogens with two attached hydrogens (primary N) is 1. The van der Waals surface area contributed by atoms with Crippen molar-refractivity contribution in [3.63, 3.8) is 0 Å². The standard InChI is InChI=1S/C14H23N3O2/c1-16(2)9-6-10-17(3)14(18)11-7-5-8-12(15)13(11)19-4/h5,7-8H,6,9-10,15H2,1-4H3. The van der Waals surface area contributed by atoms with Gasteiger partial charge in [-0.1, -0.05) is 6.07 Å². The van der Waals surface area contributed by atoms with Gasteiger partial charge in [0.2, 0.25) is 0 Å². The summed E-state index contributed by atoms with van der Waals surface area (Å²) in [5.74, 6) is 0.384. The van der Waals surface area contributed by atoms with Gasteiger partial charge >= 0.3 is 0 Å². The molecule has 0 unspecified atom stereocenters. The smallest absolute Gasteiger partial charge is 0.257 e. The van der Waals surface area contributed by atoms with Crippen LogP contribution in [0.2, 0.25) is 0 Å². The molecule has 0 aromatic heterocycles. The Bertz CT molecular complexity index is 433. The SMILES string of the molecule is COc1c(N)cccc1C(=O)N(C)CCCN(C)C. The van der Waals surface area contributed by atoms with Gasteiger partial charge in [0.15, 0.2) is 5.75 Å². The van der Waals surface area contributed by atoms with Crippen LogP contribution in [0.5, 0.6) is 5.75 Å². The number of anilines is 1. The van der Waals surface area contributed by atoms with Gasteiger partial charge in [0.1, 0.15) is 0 Å². The Morgan fingerprint density at radius 2 is 1.95 bits per heavy atom. The van der Waals surface area contributed by atoms with Gasteiger partial charge in [0.05, 0.1) is 18.4 Å². The van der Waals surface area contributed by atoms with Crippen molar-refractivity contribution in [2.24, 2.45) is 0 Å². The van der Waals surface area contributed by atoms with Gasteiger partial charge in [-0.05, 0) is 39.2 Å². The largest absolute Gasteiger partial charge is 0.494 e. The Labute approximate surface area is 114 Å². The van der Waals surface area contributed by atoms with Crippen molar-refractivity contribution in [1.82, 2.24) is 9.80 Å². The molecule has 0 aliphatic heterocycles. The molecule has 0 saturated carbocycles. The average molecular weight is 265 g/mol. The van der Waals surface area contributed by atoms with Crippen LogP contribution in [0.25, 0.3) is 0 Å².